The predicted octanol–water partition coefficient (Wildman–Crippen LogP) is 4.16. The van der Waals surface area contributed by atoms with E-state index in [1.165, 1.54) is 12.1 Å². The summed E-state index contributed by atoms with van der Waals surface area (Å²) in [6.07, 6.45) is 1.65. The molecule has 0 atom stereocenters. The van der Waals surface area contributed by atoms with Crippen LogP contribution >= 0.6 is 15.9 Å². The molecule has 6 heteroatoms. The first kappa shape index (κ1) is 13.5. The topological polar surface area (TPSA) is 65.3 Å². The zero-order valence-electron chi connectivity index (χ0n) is 10.4. The van der Waals surface area contributed by atoms with E-state index in [1.54, 1.807) is 19.2 Å². The summed E-state index contributed by atoms with van der Waals surface area (Å²) in [6.45, 7) is 3.69. The van der Waals surface area contributed by atoms with E-state index in [2.05, 4.69) is 20.9 Å². The Morgan fingerprint density at radius 3 is 2.63 bits per heavy atom. The molecule has 98 valence electrons. The molecule has 0 unspecified atom stereocenters. The van der Waals surface area contributed by atoms with Crippen molar-refractivity contribution in [1.82, 2.24) is 4.98 Å². The fourth-order valence-electron chi connectivity index (χ4n) is 1.55. The molecule has 0 aliphatic heterocycles. The van der Waals surface area contributed by atoms with Crippen LogP contribution in [-0.2, 0) is 0 Å². The normalized spacial score (nSPS) is 10.3. The lowest BCUT2D eigenvalue weighted by molar-refractivity contribution is -0.384. The maximum absolute atomic E-state index is 10.7. The molecule has 1 heterocycles. The van der Waals surface area contributed by atoms with E-state index in [9.17, 15) is 10.1 Å². The molecule has 0 spiro atoms. The molecule has 0 N–H and O–H groups in total. The Hall–Kier alpha value is -1.95. The number of aromatic nitrogens is 1. The summed E-state index contributed by atoms with van der Waals surface area (Å²) in [5.74, 6) is 0.987. The summed E-state index contributed by atoms with van der Waals surface area (Å²) < 4.78 is 6.45. The number of ether oxygens (including phenoxy) is 1. The molecular formula is C13H11BrN2O3. The number of nitro benzene ring substituents is 1. The van der Waals surface area contributed by atoms with Gasteiger partial charge in [-0.3, -0.25) is 10.1 Å². The molecule has 0 saturated carbocycles. The summed E-state index contributed by atoms with van der Waals surface area (Å²) in [7, 11) is 0. The monoisotopic (exact) mass is 322 g/mol. The van der Waals surface area contributed by atoms with Crippen molar-refractivity contribution in [3.05, 3.63) is 56.2 Å². The molecule has 0 fully saturated rings. The average Bonchev–Trinajstić information content (AvgIpc) is 2.37. The molecule has 0 aliphatic carbocycles. The first-order chi connectivity index (χ1) is 8.99. The van der Waals surface area contributed by atoms with Crippen molar-refractivity contribution in [3.63, 3.8) is 0 Å². The van der Waals surface area contributed by atoms with Gasteiger partial charge in [0.05, 0.1) is 9.40 Å². The molecule has 5 nitrogen and oxygen atoms in total. The smallest absolute Gasteiger partial charge is 0.269 e. The van der Waals surface area contributed by atoms with E-state index in [0.29, 0.717) is 17.2 Å². The number of nitro groups is 1. The highest BCUT2D eigenvalue weighted by Gasteiger charge is 2.12. The summed E-state index contributed by atoms with van der Waals surface area (Å²) in [6, 6.07) is 6.31. The highest BCUT2D eigenvalue weighted by Crippen LogP contribution is 2.32. The van der Waals surface area contributed by atoms with Crippen LogP contribution in [0.1, 0.15) is 11.1 Å². The van der Waals surface area contributed by atoms with Crippen molar-refractivity contribution in [2.75, 3.05) is 0 Å². The van der Waals surface area contributed by atoms with Gasteiger partial charge in [-0.25, -0.2) is 4.98 Å². The molecule has 0 aliphatic rings. The van der Waals surface area contributed by atoms with E-state index < -0.39 is 4.92 Å². The number of hydrogen-bond acceptors (Lipinski definition) is 4. The number of non-ortho nitro benzene ring substituents is 1. The number of pyridine rings is 1. The molecule has 0 saturated heterocycles. The molecule has 19 heavy (non-hydrogen) atoms. The standard InChI is InChI=1S/C13H11BrN2O3/c1-8-5-6-15-13(12(8)14)19-11-4-3-10(16(17)18)7-9(11)2/h3-7H,1-2H3. The Balaban J connectivity index is 2.34. The van der Waals surface area contributed by atoms with Gasteiger partial charge in [0, 0.05) is 18.3 Å². The third-order valence-corrected chi connectivity index (χ3v) is 3.59. The van der Waals surface area contributed by atoms with Crippen LogP contribution in [0.5, 0.6) is 11.6 Å². The van der Waals surface area contributed by atoms with E-state index in [-0.39, 0.29) is 5.69 Å². The Morgan fingerprint density at radius 1 is 1.26 bits per heavy atom. The molecule has 2 aromatic rings. The fourth-order valence-corrected chi connectivity index (χ4v) is 1.87. The fraction of sp³-hybridized carbons (Fsp3) is 0.154. The Bertz CT molecular complexity index is 644. The van der Waals surface area contributed by atoms with Crippen LogP contribution in [-0.4, -0.2) is 9.91 Å². The Kier molecular flexibility index (Phi) is 3.80. The summed E-state index contributed by atoms with van der Waals surface area (Å²) in [5, 5.41) is 10.7. The number of halogens is 1. The Labute approximate surface area is 118 Å². The van der Waals surface area contributed by atoms with Gasteiger partial charge in [-0.1, -0.05) is 0 Å². The molecule has 0 amide bonds. The van der Waals surface area contributed by atoms with Gasteiger partial charge in [0.2, 0.25) is 5.88 Å². The lowest BCUT2D eigenvalue weighted by atomic mass is 10.2. The van der Waals surface area contributed by atoms with Gasteiger partial charge in [-0.15, -0.1) is 0 Å². The maximum atomic E-state index is 10.7. The van der Waals surface area contributed by atoms with E-state index in [0.717, 1.165) is 10.0 Å². The highest BCUT2D eigenvalue weighted by atomic mass is 79.9. The quantitative estimate of drug-likeness (QED) is 0.628. The van der Waals surface area contributed by atoms with Crippen LogP contribution in [0.25, 0.3) is 0 Å². The van der Waals surface area contributed by atoms with Crippen LogP contribution in [0.15, 0.2) is 34.9 Å². The predicted molar refractivity (Wildman–Crippen MR) is 74.6 cm³/mol. The van der Waals surface area contributed by atoms with Crippen molar-refractivity contribution in [3.8, 4) is 11.6 Å². The minimum atomic E-state index is -0.433. The van der Waals surface area contributed by atoms with Gasteiger partial charge in [-0.2, -0.15) is 0 Å². The van der Waals surface area contributed by atoms with Gasteiger partial charge in [0.1, 0.15) is 5.75 Å². The zero-order chi connectivity index (χ0) is 14.0. The molecule has 1 aromatic carbocycles. The second-order valence-corrected chi connectivity index (χ2v) is 4.85. The number of aryl methyl sites for hydroxylation is 2. The van der Waals surface area contributed by atoms with E-state index >= 15 is 0 Å². The molecular weight excluding hydrogens is 312 g/mol. The van der Waals surface area contributed by atoms with Gasteiger partial charge in [-0.05, 0) is 53.0 Å². The van der Waals surface area contributed by atoms with Gasteiger partial charge >= 0.3 is 0 Å². The zero-order valence-corrected chi connectivity index (χ0v) is 12.0. The van der Waals surface area contributed by atoms with E-state index in [1.807, 2.05) is 13.0 Å². The van der Waals surface area contributed by atoms with Crippen LogP contribution in [0.3, 0.4) is 0 Å². The van der Waals surface area contributed by atoms with Crippen LogP contribution in [0.2, 0.25) is 0 Å². The number of hydrogen-bond donors (Lipinski definition) is 0. The summed E-state index contributed by atoms with van der Waals surface area (Å²) in [5.41, 5.74) is 1.73. The van der Waals surface area contributed by atoms with Gasteiger partial charge in [0.15, 0.2) is 0 Å². The molecule has 1 aromatic heterocycles. The van der Waals surface area contributed by atoms with Crippen molar-refractivity contribution in [2.45, 2.75) is 13.8 Å². The number of rotatable bonds is 3. The lowest BCUT2D eigenvalue weighted by Gasteiger charge is -2.10. The largest absolute Gasteiger partial charge is 0.438 e. The number of nitrogens with zero attached hydrogens (tertiary/aromatic N) is 2. The average molecular weight is 323 g/mol. The van der Waals surface area contributed by atoms with E-state index in [4.69, 9.17) is 4.74 Å². The van der Waals surface area contributed by atoms with Crippen LogP contribution in [0.4, 0.5) is 5.69 Å². The van der Waals surface area contributed by atoms with Gasteiger partial charge < -0.3 is 4.74 Å². The number of benzene rings is 1. The lowest BCUT2D eigenvalue weighted by Crippen LogP contribution is -1.94. The second kappa shape index (κ2) is 5.36. The first-order valence-electron chi connectivity index (χ1n) is 5.53. The minimum Gasteiger partial charge on any atom is -0.438 e. The second-order valence-electron chi connectivity index (χ2n) is 4.06. The third kappa shape index (κ3) is 2.90. The van der Waals surface area contributed by atoms with Gasteiger partial charge in [0.25, 0.3) is 5.69 Å². The minimum absolute atomic E-state index is 0.0427. The Morgan fingerprint density at radius 2 is 2.00 bits per heavy atom. The maximum Gasteiger partial charge on any atom is 0.269 e. The molecule has 0 bridgehead atoms. The summed E-state index contributed by atoms with van der Waals surface area (Å²) >= 11 is 3.40. The van der Waals surface area contributed by atoms with Crippen molar-refractivity contribution < 1.29 is 9.66 Å². The van der Waals surface area contributed by atoms with Crippen LogP contribution in [0, 0.1) is 24.0 Å². The molecule has 2 rings (SSSR count). The van der Waals surface area contributed by atoms with Crippen LogP contribution < -0.4 is 4.74 Å². The van der Waals surface area contributed by atoms with Crippen molar-refractivity contribution in [1.29, 1.82) is 0 Å². The SMILES string of the molecule is Cc1cc([N+](=O)[O-])ccc1Oc1nccc(C)c1Br. The highest BCUT2D eigenvalue weighted by molar-refractivity contribution is 9.10. The first-order valence-corrected chi connectivity index (χ1v) is 6.32. The third-order valence-electron chi connectivity index (χ3n) is 2.63. The van der Waals surface area contributed by atoms with Crippen molar-refractivity contribution in [2.24, 2.45) is 0 Å². The summed E-state index contributed by atoms with van der Waals surface area (Å²) in [4.78, 5) is 14.4. The molecule has 0 radical (unpaired) electrons. The van der Waals surface area contributed by atoms with Crippen molar-refractivity contribution >= 4 is 21.6 Å².